The maximum atomic E-state index is 5.77. The summed E-state index contributed by atoms with van der Waals surface area (Å²) in [5, 5.41) is 3.40. The highest BCUT2D eigenvalue weighted by molar-refractivity contribution is 5.15. The number of nitrogens with zero attached hydrogens (tertiary/aromatic N) is 1. The molecule has 0 saturated carbocycles. The lowest BCUT2D eigenvalue weighted by atomic mass is 10.1. The van der Waals surface area contributed by atoms with Gasteiger partial charge in [-0.3, -0.25) is 0 Å². The van der Waals surface area contributed by atoms with Crippen molar-refractivity contribution in [1.82, 2.24) is 10.3 Å². The molecule has 0 amide bonds. The van der Waals surface area contributed by atoms with Gasteiger partial charge < -0.3 is 9.73 Å². The molecule has 0 atom stereocenters. The lowest BCUT2D eigenvalue weighted by Crippen LogP contribution is -2.23. The van der Waals surface area contributed by atoms with E-state index >= 15 is 0 Å². The van der Waals surface area contributed by atoms with Gasteiger partial charge in [0.25, 0.3) is 0 Å². The van der Waals surface area contributed by atoms with Gasteiger partial charge in [0.2, 0.25) is 0 Å². The second kappa shape index (κ2) is 7.85. The van der Waals surface area contributed by atoms with Gasteiger partial charge in [0, 0.05) is 18.9 Å². The number of benzene rings is 1. The van der Waals surface area contributed by atoms with Crippen LogP contribution in [0.5, 0.6) is 0 Å². The van der Waals surface area contributed by atoms with Gasteiger partial charge in [-0.15, -0.1) is 0 Å². The van der Waals surface area contributed by atoms with Crippen molar-refractivity contribution in [1.29, 1.82) is 0 Å². The molecule has 1 aromatic heterocycles. The Kier molecular flexibility index (Phi) is 5.81. The minimum absolute atomic E-state index is 0.543. The zero-order chi connectivity index (χ0) is 14.2. The number of aryl methyl sites for hydroxylation is 3. The fourth-order valence-corrected chi connectivity index (χ4v) is 2.12. The number of rotatable bonds is 8. The van der Waals surface area contributed by atoms with E-state index in [0.717, 1.165) is 43.9 Å². The molecule has 1 heterocycles. The van der Waals surface area contributed by atoms with Crippen LogP contribution in [0.25, 0.3) is 0 Å². The van der Waals surface area contributed by atoms with Crippen molar-refractivity contribution in [2.75, 3.05) is 6.54 Å². The second-order valence-electron chi connectivity index (χ2n) is 5.42. The third kappa shape index (κ3) is 5.17. The summed E-state index contributed by atoms with van der Waals surface area (Å²) in [5.41, 5.74) is 1.34. The normalized spacial score (nSPS) is 11.2. The third-order valence-electron chi connectivity index (χ3n) is 3.22. The number of aromatic nitrogens is 1. The molecule has 0 spiro atoms. The number of nitrogens with one attached hydrogen (secondary N) is 1. The fraction of sp³-hybridized carbons (Fsp3) is 0.471. The molecular formula is C17H24N2O. The van der Waals surface area contributed by atoms with E-state index in [9.17, 15) is 0 Å². The van der Waals surface area contributed by atoms with E-state index in [1.54, 1.807) is 0 Å². The Morgan fingerprint density at radius 3 is 2.65 bits per heavy atom. The number of hydrogen-bond donors (Lipinski definition) is 1. The number of hydrogen-bond acceptors (Lipinski definition) is 3. The lowest BCUT2D eigenvalue weighted by Gasteiger charge is -2.05. The first-order valence-electron chi connectivity index (χ1n) is 7.45. The fourth-order valence-electron chi connectivity index (χ4n) is 2.12. The third-order valence-corrected chi connectivity index (χ3v) is 3.22. The van der Waals surface area contributed by atoms with E-state index < -0.39 is 0 Å². The van der Waals surface area contributed by atoms with Gasteiger partial charge in [0.15, 0.2) is 5.89 Å². The Morgan fingerprint density at radius 2 is 1.90 bits per heavy atom. The van der Waals surface area contributed by atoms with Gasteiger partial charge in [0.05, 0.1) is 6.20 Å². The highest BCUT2D eigenvalue weighted by Crippen LogP contribution is 2.10. The van der Waals surface area contributed by atoms with Crippen LogP contribution in [0.15, 0.2) is 40.9 Å². The van der Waals surface area contributed by atoms with Crippen molar-refractivity contribution in [2.45, 2.75) is 45.6 Å². The van der Waals surface area contributed by atoms with Crippen molar-refractivity contribution in [3.8, 4) is 0 Å². The van der Waals surface area contributed by atoms with E-state index in [1.807, 2.05) is 12.3 Å². The van der Waals surface area contributed by atoms with Crippen LogP contribution in [0.3, 0.4) is 0 Å². The Hall–Kier alpha value is -1.61. The molecule has 3 nitrogen and oxygen atoms in total. The molecular weight excluding hydrogens is 248 g/mol. The maximum Gasteiger partial charge on any atom is 0.194 e. The Bertz CT molecular complexity index is 491. The first kappa shape index (κ1) is 14.8. The molecule has 0 bridgehead atoms. The smallest absolute Gasteiger partial charge is 0.194 e. The first-order chi connectivity index (χ1) is 9.74. The summed E-state index contributed by atoms with van der Waals surface area (Å²) in [5.74, 6) is 1.85. The molecule has 2 aromatic rings. The van der Waals surface area contributed by atoms with Gasteiger partial charge in [-0.25, -0.2) is 4.98 Å². The molecule has 0 saturated heterocycles. The molecule has 3 heteroatoms. The van der Waals surface area contributed by atoms with Crippen LogP contribution in [0, 0.1) is 0 Å². The standard InChI is InChI=1S/C17H24N2O/c1-14(2)18-12-6-9-17-19-13-16(20-17)11-10-15-7-4-3-5-8-15/h3-5,7-8,13-14,18H,6,9-12H2,1-2H3. The van der Waals surface area contributed by atoms with Crippen LogP contribution >= 0.6 is 0 Å². The molecule has 0 radical (unpaired) electrons. The summed E-state index contributed by atoms with van der Waals surface area (Å²) in [6.07, 6.45) is 5.77. The zero-order valence-electron chi connectivity index (χ0n) is 12.4. The monoisotopic (exact) mass is 272 g/mol. The van der Waals surface area contributed by atoms with Crippen molar-refractivity contribution in [2.24, 2.45) is 0 Å². The molecule has 0 aliphatic carbocycles. The minimum Gasteiger partial charge on any atom is -0.446 e. The van der Waals surface area contributed by atoms with E-state index in [4.69, 9.17) is 4.42 Å². The molecule has 1 N–H and O–H groups in total. The van der Waals surface area contributed by atoms with Crippen molar-refractivity contribution in [3.63, 3.8) is 0 Å². The average molecular weight is 272 g/mol. The van der Waals surface area contributed by atoms with Gasteiger partial charge in [-0.1, -0.05) is 44.2 Å². The number of oxazole rings is 1. The van der Waals surface area contributed by atoms with Crippen LogP contribution < -0.4 is 5.32 Å². The zero-order valence-corrected chi connectivity index (χ0v) is 12.4. The summed E-state index contributed by atoms with van der Waals surface area (Å²) in [7, 11) is 0. The largest absolute Gasteiger partial charge is 0.446 e. The van der Waals surface area contributed by atoms with Crippen LogP contribution in [0.4, 0.5) is 0 Å². The van der Waals surface area contributed by atoms with Gasteiger partial charge in [0.1, 0.15) is 5.76 Å². The quantitative estimate of drug-likeness (QED) is 0.749. The minimum atomic E-state index is 0.543. The summed E-state index contributed by atoms with van der Waals surface area (Å²) < 4.78 is 5.77. The molecule has 108 valence electrons. The summed E-state index contributed by atoms with van der Waals surface area (Å²) in [4.78, 5) is 4.35. The highest BCUT2D eigenvalue weighted by atomic mass is 16.4. The van der Waals surface area contributed by atoms with Crippen molar-refractivity contribution < 1.29 is 4.42 Å². The van der Waals surface area contributed by atoms with Crippen molar-refractivity contribution >= 4 is 0 Å². The van der Waals surface area contributed by atoms with E-state index in [-0.39, 0.29) is 0 Å². The summed E-state index contributed by atoms with van der Waals surface area (Å²) in [6.45, 7) is 5.33. The van der Waals surface area contributed by atoms with Crippen LogP contribution in [0.1, 0.15) is 37.5 Å². The molecule has 0 aliphatic rings. The molecule has 1 aromatic carbocycles. The van der Waals surface area contributed by atoms with Crippen LogP contribution in [-0.4, -0.2) is 17.6 Å². The molecule has 0 aliphatic heterocycles. The Labute approximate surface area is 121 Å². The highest BCUT2D eigenvalue weighted by Gasteiger charge is 2.04. The molecule has 0 fully saturated rings. The van der Waals surface area contributed by atoms with Crippen LogP contribution in [-0.2, 0) is 19.3 Å². The van der Waals surface area contributed by atoms with Gasteiger partial charge in [-0.05, 0) is 24.9 Å². The van der Waals surface area contributed by atoms with Gasteiger partial charge in [-0.2, -0.15) is 0 Å². The predicted molar refractivity (Wildman–Crippen MR) is 81.8 cm³/mol. The van der Waals surface area contributed by atoms with E-state index in [1.165, 1.54) is 5.56 Å². The molecule has 2 rings (SSSR count). The lowest BCUT2D eigenvalue weighted by molar-refractivity contribution is 0.443. The average Bonchev–Trinajstić information content (AvgIpc) is 2.90. The first-order valence-corrected chi connectivity index (χ1v) is 7.45. The maximum absolute atomic E-state index is 5.77. The Balaban J connectivity index is 1.72. The van der Waals surface area contributed by atoms with Crippen molar-refractivity contribution in [3.05, 3.63) is 53.7 Å². The SMILES string of the molecule is CC(C)NCCCc1ncc(CCc2ccccc2)o1. The summed E-state index contributed by atoms with van der Waals surface area (Å²) in [6, 6.07) is 11.0. The Morgan fingerprint density at radius 1 is 1.10 bits per heavy atom. The van der Waals surface area contributed by atoms with Crippen LogP contribution in [0.2, 0.25) is 0 Å². The molecule has 20 heavy (non-hydrogen) atoms. The molecule has 0 unspecified atom stereocenters. The van der Waals surface area contributed by atoms with E-state index in [0.29, 0.717) is 6.04 Å². The topological polar surface area (TPSA) is 38.1 Å². The second-order valence-corrected chi connectivity index (χ2v) is 5.42. The van der Waals surface area contributed by atoms with E-state index in [2.05, 4.69) is 48.4 Å². The van der Waals surface area contributed by atoms with Gasteiger partial charge >= 0.3 is 0 Å². The predicted octanol–water partition coefficient (Wildman–Crippen LogP) is 3.39. The summed E-state index contributed by atoms with van der Waals surface area (Å²) >= 11 is 0.